The molecule has 0 aliphatic heterocycles. The fourth-order valence-electron chi connectivity index (χ4n) is 0.791. The summed E-state index contributed by atoms with van der Waals surface area (Å²) in [4.78, 5) is 0. The summed E-state index contributed by atoms with van der Waals surface area (Å²) >= 11 is 0. The third kappa shape index (κ3) is 7.85. The van der Waals surface area contributed by atoms with Crippen LogP contribution in [0.15, 0.2) is 0 Å². The van der Waals surface area contributed by atoms with Crippen LogP contribution in [-0.4, -0.2) is 16.7 Å². The zero-order valence-corrected chi connectivity index (χ0v) is 10.5. The maximum Gasteiger partial charge on any atom is 0.390 e. The molecule has 0 heterocycles. The second-order valence-electron chi connectivity index (χ2n) is 3.84. The lowest BCUT2D eigenvalue weighted by Gasteiger charge is -2.21. The molecule has 1 atom stereocenters. The van der Waals surface area contributed by atoms with Crippen molar-refractivity contribution >= 4 is 21.6 Å². The van der Waals surface area contributed by atoms with Gasteiger partial charge in [0.05, 0.1) is 6.42 Å². The summed E-state index contributed by atoms with van der Waals surface area (Å²) in [5.41, 5.74) is 0. The van der Waals surface area contributed by atoms with Crippen LogP contribution in [0.3, 0.4) is 0 Å². The van der Waals surface area contributed by atoms with Crippen LogP contribution in [0.4, 0.5) is 13.2 Å². The van der Waals surface area contributed by atoms with Gasteiger partial charge in [-0.05, 0) is 5.92 Å². The Morgan fingerprint density at radius 3 is 1.79 bits per heavy atom. The normalized spacial score (nSPS) is 15.2. The third-order valence-corrected chi connectivity index (χ3v) is 5.23. The molecule has 0 amide bonds. The highest BCUT2D eigenvalue weighted by molar-refractivity contribution is 8.77. The van der Waals surface area contributed by atoms with Crippen LogP contribution in [0, 0.1) is 5.92 Å². The van der Waals surface area contributed by atoms with Gasteiger partial charge in [-0.2, -0.15) is 13.2 Å². The molecule has 0 bridgehead atoms. The van der Waals surface area contributed by atoms with Gasteiger partial charge in [0.2, 0.25) is 0 Å². The lowest BCUT2D eigenvalue weighted by molar-refractivity contribution is -0.135. The number of rotatable bonds is 5. The molecule has 0 aromatic heterocycles. The summed E-state index contributed by atoms with van der Waals surface area (Å²) in [5, 5.41) is 0.0388. The highest BCUT2D eigenvalue weighted by atomic mass is 33.1. The van der Waals surface area contributed by atoms with Gasteiger partial charge < -0.3 is 0 Å². The van der Waals surface area contributed by atoms with E-state index in [0.717, 1.165) is 0 Å². The van der Waals surface area contributed by atoms with Crippen LogP contribution in [-0.2, 0) is 0 Å². The van der Waals surface area contributed by atoms with E-state index in [9.17, 15) is 13.2 Å². The lowest BCUT2D eigenvalue weighted by Crippen LogP contribution is -2.21. The van der Waals surface area contributed by atoms with Gasteiger partial charge in [0, 0.05) is 10.5 Å². The molecule has 0 saturated carbocycles. The van der Waals surface area contributed by atoms with E-state index in [1.54, 1.807) is 0 Å². The number of alkyl halides is 3. The Labute approximate surface area is 91.8 Å². The molecule has 14 heavy (non-hydrogen) atoms. The van der Waals surface area contributed by atoms with Crippen molar-refractivity contribution in [1.29, 1.82) is 0 Å². The van der Waals surface area contributed by atoms with Crippen molar-refractivity contribution in [3.8, 4) is 0 Å². The van der Waals surface area contributed by atoms with Crippen molar-refractivity contribution in [3.05, 3.63) is 0 Å². The van der Waals surface area contributed by atoms with E-state index < -0.39 is 12.6 Å². The van der Waals surface area contributed by atoms with Crippen molar-refractivity contribution in [1.82, 2.24) is 0 Å². The average molecular weight is 246 g/mol. The highest BCUT2D eigenvalue weighted by Gasteiger charge is 2.33. The standard InChI is InChI=1S/C9H17F3S2/c1-6(2)8(5-9(10,11)12)14-13-7(3)4/h6-8H,5H2,1-4H3. The molecule has 0 aliphatic carbocycles. The van der Waals surface area contributed by atoms with Crippen molar-refractivity contribution in [2.75, 3.05) is 0 Å². The van der Waals surface area contributed by atoms with E-state index in [1.165, 1.54) is 21.6 Å². The Kier molecular flexibility index (Phi) is 6.37. The Hall–Kier alpha value is 0.490. The van der Waals surface area contributed by atoms with Gasteiger partial charge in [-0.15, -0.1) is 0 Å². The zero-order valence-electron chi connectivity index (χ0n) is 8.89. The van der Waals surface area contributed by atoms with Crippen LogP contribution < -0.4 is 0 Å². The summed E-state index contributed by atoms with van der Waals surface area (Å²) in [6.45, 7) is 7.65. The second kappa shape index (κ2) is 6.16. The minimum absolute atomic E-state index is 0.0628. The molecule has 0 nitrogen and oxygen atoms in total. The Balaban J connectivity index is 4.03. The van der Waals surface area contributed by atoms with E-state index >= 15 is 0 Å². The first-order valence-electron chi connectivity index (χ1n) is 4.61. The van der Waals surface area contributed by atoms with Crippen molar-refractivity contribution in [3.63, 3.8) is 0 Å². The van der Waals surface area contributed by atoms with Crippen molar-refractivity contribution in [2.45, 2.75) is 50.8 Å². The van der Waals surface area contributed by atoms with E-state index in [0.29, 0.717) is 5.25 Å². The number of hydrogen-bond acceptors (Lipinski definition) is 2. The Bertz CT molecular complexity index is 155. The monoisotopic (exact) mass is 246 g/mol. The summed E-state index contributed by atoms with van der Waals surface area (Å²) in [6, 6.07) is 0. The Morgan fingerprint density at radius 1 is 1.00 bits per heavy atom. The maximum atomic E-state index is 12.2. The lowest BCUT2D eigenvalue weighted by atomic mass is 10.1. The predicted octanol–water partition coefficient (Wildman–Crippen LogP) is 4.75. The summed E-state index contributed by atoms with van der Waals surface area (Å²) in [7, 11) is 2.89. The first-order chi connectivity index (χ1) is 6.22. The molecule has 0 aromatic carbocycles. The van der Waals surface area contributed by atoms with Gasteiger partial charge in [-0.25, -0.2) is 0 Å². The number of halogens is 3. The maximum absolute atomic E-state index is 12.2. The topological polar surface area (TPSA) is 0 Å². The molecule has 86 valence electrons. The first-order valence-corrected chi connectivity index (χ1v) is 6.89. The molecule has 0 spiro atoms. The molecular formula is C9H17F3S2. The molecule has 0 radical (unpaired) electrons. The van der Waals surface area contributed by atoms with Crippen LogP contribution >= 0.6 is 21.6 Å². The van der Waals surface area contributed by atoms with Crippen molar-refractivity contribution < 1.29 is 13.2 Å². The van der Waals surface area contributed by atoms with Gasteiger partial charge >= 0.3 is 6.18 Å². The first kappa shape index (κ1) is 14.5. The Morgan fingerprint density at radius 2 is 1.50 bits per heavy atom. The zero-order chi connectivity index (χ0) is 11.4. The van der Waals surface area contributed by atoms with Gasteiger partial charge in [-0.3, -0.25) is 0 Å². The summed E-state index contributed by atoms with van der Waals surface area (Å²) < 4.78 is 36.5. The van der Waals surface area contributed by atoms with Gasteiger partial charge in [0.25, 0.3) is 0 Å². The molecule has 0 rings (SSSR count). The minimum Gasteiger partial charge on any atom is -0.171 e. The average Bonchev–Trinajstić information content (AvgIpc) is 1.94. The van der Waals surface area contributed by atoms with Crippen LogP contribution in [0.25, 0.3) is 0 Å². The minimum atomic E-state index is -4.04. The quantitative estimate of drug-likeness (QED) is 0.642. The molecule has 0 aliphatic rings. The predicted molar refractivity (Wildman–Crippen MR) is 59.6 cm³/mol. The summed E-state index contributed by atoms with van der Waals surface area (Å²) in [5.74, 6) is 0.0628. The molecule has 0 fully saturated rings. The van der Waals surface area contributed by atoms with E-state index in [1.807, 2.05) is 27.7 Å². The van der Waals surface area contributed by atoms with E-state index in [2.05, 4.69) is 0 Å². The van der Waals surface area contributed by atoms with Crippen LogP contribution in [0.5, 0.6) is 0 Å². The van der Waals surface area contributed by atoms with Gasteiger partial charge in [0.1, 0.15) is 0 Å². The number of hydrogen-bond donors (Lipinski definition) is 0. The fourth-order valence-corrected chi connectivity index (χ4v) is 3.60. The molecule has 5 heteroatoms. The van der Waals surface area contributed by atoms with Gasteiger partial charge in [0.15, 0.2) is 0 Å². The second-order valence-corrected chi connectivity index (χ2v) is 6.93. The van der Waals surface area contributed by atoms with Crippen LogP contribution in [0.1, 0.15) is 34.1 Å². The SMILES string of the molecule is CC(C)SSC(CC(F)(F)F)C(C)C. The van der Waals surface area contributed by atoms with Crippen molar-refractivity contribution in [2.24, 2.45) is 5.92 Å². The van der Waals surface area contributed by atoms with E-state index in [4.69, 9.17) is 0 Å². The molecule has 1 unspecified atom stereocenters. The van der Waals surface area contributed by atoms with Gasteiger partial charge in [-0.1, -0.05) is 49.3 Å². The molecule has 0 aromatic rings. The smallest absolute Gasteiger partial charge is 0.171 e. The third-order valence-electron chi connectivity index (χ3n) is 1.55. The molecule has 0 saturated heterocycles. The fraction of sp³-hybridized carbons (Fsp3) is 1.00. The van der Waals surface area contributed by atoms with Crippen LogP contribution in [0.2, 0.25) is 0 Å². The largest absolute Gasteiger partial charge is 0.390 e. The summed E-state index contributed by atoms with van der Waals surface area (Å²) in [6.07, 6.45) is -4.73. The highest BCUT2D eigenvalue weighted by Crippen LogP contribution is 2.39. The molecular weight excluding hydrogens is 229 g/mol. The molecule has 0 N–H and O–H groups in total. The van der Waals surface area contributed by atoms with E-state index in [-0.39, 0.29) is 11.2 Å².